The lowest BCUT2D eigenvalue weighted by atomic mass is 10.1. The summed E-state index contributed by atoms with van der Waals surface area (Å²) in [4.78, 5) is 28.4. The summed E-state index contributed by atoms with van der Waals surface area (Å²) >= 11 is 0. The number of nitrogens with zero attached hydrogens (tertiary/aromatic N) is 4. The minimum Gasteiger partial charge on any atom is -0.480 e. The number of H-pyrrole nitrogens is 1. The van der Waals surface area contributed by atoms with E-state index in [0.717, 1.165) is 60.3 Å². The molecule has 0 radical (unpaired) electrons. The number of para-hydroxylation sites is 1. The fourth-order valence-electron chi connectivity index (χ4n) is 3.81. The topological polar surface area (TPSA) is 74.4 Å². The lowest BCUT2D eigenvalue weighted by Gasteiger charge is -2.25. The summed E-state index contributed by atoms with van der Waals surface area (Å²) < 4.78 is 5.53. The molecule has 0 spiro atoms. The Labute approximate surface area is 164 Å². The third-order valence-electron chi connectivity index (χ3n) is 5.39. The first-order valence-electron chi connectivity index (χ1n) is 9.55. The molecule has 1 saturated heterocycles. The van der Waals surface area contributed by atoms with Crippen LogP contribution < -0.4 is 4.74 Å². The third kappa shape index (κ3) is 3.63. The largest absolute Gasteiger partial charge is 0.480 e. The summed E-state index contributed by atoms with van der Waals surface area (Å²) in [6, 6.07) is 10.1. The first kappa shape index (κ1) is 18.6. The highest BCUT2D eigenvalue weighted by molar-refractivity contribution is 5.85. The van der Waals surface area contributed by atoms with Crippen LogP contribution in [0, 0.1) is 0 Å². The Kier molecular flexibility index (Phi) is 5.36. The molecule has 3 heterocycles. The minimum absolute atomic E-state index is 0.0864. The van der Waals surface area contributed by atoms with Gasteiger partial charge in [0.1, 0.15) is 12.1 Å². The number of imidazole rings is 1. The van der Waals surface area contributed by atoms with Crippen molar-refractivity contribution in [3.8, 4) is 17.1 Å². The zero-order valence-electron chi connectivity index (χ0n) is 16.3. The molecule has 146 valence electrons. The van der Waals surface area contributed by atoms with E-state index in [9.17, 15) is 4.79 Å². The van der Waals surface area contributed by atoms with Crippen molar-refractivity contribution in [1.82, 2.24) is 24.8 Å². The number of ether oxygens (including phenoxy) is 1. The minimum atomic E-state index is 0.0864. The number of aldehydes is 1. The third-order valence-corrected chi connectivity index (χ3v) is 5.39. The van der Waals surface area contributed by atoms with Crippen molar-refractivity contribution in [2.24, 2.45) is 0 Å². The Morgan fingerprint density at radius 3 is 2.96 bits per heavy atom. The number of nitrogens with one attached hydrogen (secondary N) is 1. The molecule has 0 saturated carbocycles. The Bertz CT molecular complexity index is 970. The number of aromatic nitrogens is 3. The van der Waals surface area contributed by atoms with Gasteiger partial charge >= 0.3 is 0 Å². The molecule has 1 N–H and O–H groups in total. The van der Waals surface area contributed by atoms with Crippen LogP contribution in [0.15, 0.2) is 36.5 Å². The standard InChI is InChI=1S/C21H25N5O2/c1-25-8-7-19(26(10-9-25)11-12-27)20-22-14-18(23-20)16-13-15-5-3-4-6-17(15)24-21(16)28-2/h3-6,12-14,19H,7-11H2,1-2H3,(H,22,23). The molecule has 1 aliphatic rings. The molecule has 3 aromatic rings. The van der Waals surface area contributed by atoms with Crippen LogP contribution in [-0.2, 0) is 4.79 Å². The molecule has 1 atom stereocenters. The van der Waals surface area contributed by atoms with E-state index < -0.39 is 0 Å². The molecular formula is C21H25N5O2. The highest BCUT2D eigenvalue weighted by Crippen LogP contribution is 2.32. The fraction of sp³-hybridized carbons (Fsp3) is 0.381. The van der Waals surface area contributed by atoms with E-state index in [0.29, 0.717) is 12.4 Å². The van der Waals surface area contributed by atoms with E-state index in [1.54, 1.807) is 7.11 Å². The van der Waals surface area contributed by atoms with Crippen LogP contribution in [0.4, 0.5) is 0 Å². The van der Waals surface area contributed by atoms with Gasteiger partial charge in [-0.05, 0) is 32.1 Å². The maximum atomic E-state index is 11.2. The fourth-order valence-corrected chi connectivity index (χ4v) is 3.81. The molecule has 0 aliphatic carbocycles. The molecule has 7 heteroatoms. The SMILES string of the molecule is COc1nc2ccccc2cc1-c1cnc(C2CCN(C)CCN2CC=O)[nH]1. The lowest BCUT2D eigenvalue weighted by Crippen LogP contribution is -2.33. The summed E-state index contributed by atoms with van der Waals surface area (Å²) in [5, 5.41) is 1.05. The van der Waals surface area contributed by atoms with Crippen molar-refractivity contribution in [2.75, 3.05) is 40.3 Å². The second-order valence-corrected chi connectivity index (χ2v) is 7.19. The van der Waals surface area contributed by atoms with Gasteiger partial charge in [0, 0.05) is 18.5 Å². The molecule has 0 bridgehead atoms. The van der Waals surface area contributed by atoms with Crippen molar-refractivity contribution < 1.29 is 9.53 Å². The molecule has 2 aromatic heterocycles. The van der Waals surface area contributed by atoms with Gasteiger partial charge in [-0.2, -0.15) is 0 Å². The summed E-state index contributed by atoms with van der Waals surface area (Å²) in [5.41, 5.74) is 2.65. The molecule has 1 unspecified atom stereocenters. The van der Waals surface area contributed by atoms with Gasteiger partial charge in [-0.15, -0.1) is 0 Å². The van der Waals surface area contributed by atoms with Gasteiger partial charge in [0.25, 0.3) is 0 Å². The second kappa shape index (κ2) is 8.08. The van der Waals surface area contributed by atoms with Crippen molar-refractivity contribution in [1.29, 1.82) is 0 Å². The van der Waals surface area contributed by atoms with E-state index in [2.05, 4.69) is 37.9 Å². The number of hydrogen-bond donors (Lipinski definition) is 1. The van der Waals surface area contributed by atoms with Crippen molar-refractivity contribution in [3.63, 3.8) is 0 Å². The van der Waals surface area contributed by atoms with Crippen LogP contribution in [0.2, 0.25) is 0 Å². The van der Waals surface area contributed by atoms with Crippen LogP contribution in [0.3, 0.4) is 0 Å². The first-order chi connectivity index (χ1) is 13.7. The predicted octanol–water partition coefficient (Wildman–Crippen LogP) is 2.51. The van der Waals surface area contributed by atoms with Crippen LogP contribution in [0.5, 0.6) is 5.88 Å². The van der Waals surface area contributed by atoms with E-state index in [-0.39, 0.29) is 6.04 Å². The number of rotatable bonds is 5. The van der Waals surface area contributed by atoms with Gasteiger partial charge < -0.3 is 19.4 Å². The number of pyridine rings is 1. The summed E-state index contributed by atoms with van der Waals surface area (Å²) in [5.74, 6) is 1.45. The van der Waals surface area contributed by atoms with E-state index in [4.69, 9.17) is 4.74 Å². The molecule has 1 aromatic carbocycles. The van der Waals surface area contributed by atoms with Crippen LogP contribution in [0.25, 0.3) is 22.2 Å². The highest BCUT2D eigenvalue weighted by atomic mass is 16.5. The zero-order chi connectivity index (χ0) is 19.5. The number of aromatic amines is 1. The summed E-state index contributed by atoms with van der Waals surface area (Å²) in [6.07, 6.45) is 3.72. The summed E-state index contributed by atoms with van der Waals surface area (Å²) in [6.45, 7) is 3.17. The molecule has 1 aliphatic heterocycles. The summed E-state index contributed by atoms with van der Waals surface area (Å²) in [7, 11) is 3.74. The van der Waals surface area contributed by atoms with Gasteiger partial charge in [-0.1, -0.05) is 18.2 Å². The quantitative estimate of drug-likeness (QED) is 0.687. The molecule has 28 heavy (non-hydrogen) atoms. The number of fused-ring (bicyclic) bond motifs is 1. The monoisotopic (exact) mass is 379 g/mol. The molecule has 7 nitrogen and oxygen atoms in total. The Balaban J connectivity index is 1.70. The normalized spacial score (nSPS) is 18.9. The lowest BCUT2D eigenvalue weighted by molar-refractivity contribution is -0.109. The van der Waals surface area contributed by atoms with E-state index >= 15 is 0 Å². The number of benzene rings is 1. The smallest absolute Gasteiger partial charge is 0.223 e. The van der Waals surface area contributed by atoms with Crippen molar-refractivity contribution >= 4 is 17.2 Å². The molecular weight excluding hydrogens is 354 g/mol. The number of likely N-dealkylation sites (N-methyl/N-ethyl adjacent to an activating group) is 1. The van der Waals surface area contributed by atoms with Gasteiger partial charge in [-0.3, -0.25) is 4.90 Å². The van der Waals surface area contributed by atoms with Gasteiger partial charge in [0.2, 0.25) is 5.88 Å². The molecule has 1 fully saturated rings. The zero-order valence-corrected chi connectivity index (χ0v) is 16.3. The Morgan fingerprint density at radius 1 is 1.29 bits per heavy atom. The van der Waals surface area contributed by atoms with Crippen LogP contribution in [0.1, 0.15) is 18.3 Å². The second-order valence-electron chi connectivity index (χ2n) is 7.19. The number of carbonyl (C=O) groups is 1. The highest BCUT2D eigenvalue weighted by Gasteiger charge is 2.26. The van der Waals surface area contributed by atoms with Gasteiger partial charge in [0.15, 0.2) is 0 Å². The average molecular weight is 379 g/mol. The molecule has 4 rings (SSSR count). The maximum absolute atomic E-state index is 11.2. The maximum Gasteiger partial charge on any atom is 0.223 e. The van der Waals surface area contributed by atoms with E-state index in [1.807, 2.05) is 30.5 Å². The molecule has 0 amide bonds. The average Bonchev–Trinajstić information content (AvgIpc) is 3.13. The number of hydrogen-bond acceptors (Lipinski definition) is 6. The Morgan fingerprint density at radius 2 is 2.14 bits per heavy atom. The van der Waals surface area contributed by atoms with Gasteiger partial charge in [-0.25, -0.2) is 9.97 Å². The van der Waals surface area contributed by atoms with Crippen molar-refractivity contribution in [2.45, 2.75) is 12.5 Å². The van der Waals surface area contributed by atoms with Gasteiger partial charge in [0.05, 0.1) is 42.7 Å². The van der Waals surface area contributed by atoms with Crippen LogP contribution >= 0.6 is 0 Å². The predicted molar refractivity (Wildman–Crippen MR) is 108 cm³/mol. The number of carbonyl (C=O) groups excluding carboxylic acids is 1. The Hall–Kier alpha value is -2.77. The first-order valence-corrected chi connectivity index (χ1v) is 9.55. The van der Waals surface area contributed by atoms with Crippen LogP contribution in [-0.4, -0.2) is 71.4 Å². The van der Waals surface area contributed by atoms with Crippen molar-refractivity contribution in [3.05, 3.63) is 42.4 Å². The number of methoxy groups -OCH3 is 1. The van der Waals surface area contributed by atoms with E-state index in [1.165, 1.54) is 0 Å².